The van der Waals surface area contributed by atoms with Crippen molar-refractivity contribution in [3.05, 3.63) is 11.2 Å². The van der Waals surface area contributed by atoms with Gasteiger partial charge in [-0.1, -0.05) is 31.4 Å². The Hall–Kier alpha value is -1.03. The number of aromatic nitrogens is 2. The van der Waals surface area contributed by atoms with Crippen molar-refractivity contribution in [3.8, 4) is 0 Å². The molecule has 1 saturated carbocycles. The van der Waals surface area contributed by atoms with Gasteiger partial charge in [-0.25, -0.2) is 4.98 Å². The van der Waals surface area contributed by atoms with Crippen LogP contribution in [0.3, 0.4) is 0 Å². The zero-order valence-corrected chi connectivity index (χ0v) is 10.2. The molecule has 0 aromatic carbocycles. The molecule has 2 unspecified atom stereocenters. The number of nitrogens with one attached hydrogen (secondary N) is 1. The first kappa shape index (κ1) is 11.5. The summed E-state index contributed by atoms with van der Waals surface area (Å²) in [5.41, 5.74) is 5.55. The molecule has 0 bridgehead atoms. The maximum atomic E-state index is 5.83. The lowest BCUT2D eigenvalue weighted by atomic mass is 9.86. The van der Waals surface area contributed by atoms with E-state index in [0.717, 1.165) is 5.82 Å². The van der Waals surface area contributed by atoms with Gasteiger partial charge in [0, 0.05) is 12.1 Å². The Labute approximate surface area is 101 Å². The summed E-state index contributed by atoms with van der Waals surface area (Å²) < 4.78 is 0. The van der Waals surface area contributed by atoms with E-state index in [-0.39, 0.29) is 5.95 Å². The predicted octanol–water partition coefficient (Wildman–Crippen LogP) is 2.70. The highest BCUT2D eigenvalue weighted by Gasteiger charge is 2.21. The van der Waals surface area contributed by atoms with Crippen molar-refractivity contribution in [3.63, 3.8) is 0 Å². The van der Waals surface area contributed by atoms with E-state index < -0.39 is 0 Å². The quantitative estimate of drug-likeness (QED) is 0.781. The highest BCUT2D eigenvalue weighted by Crippen LogP contribution is 2.26. The number of nitrogens with two attached hydrogens (primary N) is 1. The number of hydrogen-bond acceptors (Lipinski definition) is 4. The molecule has 1 aromatic heterocycles. The van der Waals surface area contributed by atoms with Crippen molar-refractivity contribution >= 4 is 23.4 Å². The lowest BCUT2D eigenvalue weighted by Gasteiger charge is -2.29. The normalized spacial score (nSPS) is 25.4. The van der Waals surface area contributed by atoms with E-state index in [4.69, 9.17) is 17.3 Å². The second kappa shape index (κ2) is 4.87. The molecule has 1 aliphatic carbocycles. The Morgan fingerprint density at radius 3 is 2.81 bits per heavy atom. The van der Waals surface area contributed by atoms with Crippen LogP contribution in [0.1, 0.15) is 32.6 Å². The molecule has 1 aliphatic rings. The van der Waals surface area contributed by atoms with E-state index in [1.807, 2.05) is 0 Å². The Bertz CT molecular complexity index is 349. The average molecular weight is 241 g/mol. The molecule has 1 aromatic rings. The molecule has 2 atom stereocenters. The van der Waals surface area contributed by atoms with Gasteiger partial charge in [-0.15, -0.1) is 0 Å². The van der Waals surface area contributed by atoms with Crippen LogP contribution in [-0.4, -0.2) is 16.0 Å². The van der Waals surface area contributed by atoms with Gasteiger partial charge in [0.1, 0.15) is 11.0 Å². The Morgan fingerprint density at radius 1 is 1.38 bits per heavy atom. The van der Waals surface area contributed by atoms with Crippen LogP contribution >= 0.6 is 11.6 Å². The second-order valence-corrected chi connectivity index (χ2v) is 4.83. The van der Waals surface area contributed by atoms with Crippen LogP contribution < -0.4 is 11.1 Å². The Morgan fingerprint density at radius 2 is 2.12 bits per heavy atom. The predicted molar refractivity (Wildman–Crippen MR) is 66.5 cm³/mol. The smallest absolute Gasteiger partial charge is 0.223 e. The lowest BCUT2D eigenvalue weighted by molar-refractivity contribution is 0.349. The summed E-state index contributed by atoms with van der Waals surface area (Å²) in [5.74, 6) is 1.62. The van der Waals surface area contributed by atoms with Crippen LogP contribution in [-0.2, 0) is 0 Å². The van der Waals surface area contributed by atoms with E-state index >= 15 is 0 Å². The molecule has 5 heteroatoms. The minimum absolute atomic E-state index is 0.221. The fourth-order valence-electron chi connectivity index (χ4n) is 2.23. The third kappa shape index (κ3) is 2.76. The van der Waals surface area contributed by atoms with E-state index in [0.29, 0.717) is 17.1 Å². The summed E-state index contributed by atoms with van der Waals surface area (Å²) in [4.78, 5) is 7.97. The topological polar surface area (TPSA) is 63.8 Å². The van der Waals surface area contributed by atoms with Crippen LogP contribution in [0.5, 0.6) is 0 Å². The molecule has 88 valence electrons. The number of halogens is 1. The van der Waals surface area contributed by atoms with Crippen molar-refractivity contribution in [2.75, 3.05) is 11.1 Å². The minimum Gasteiger partial charge on any atom is -0.368 e. The number of nitrogen functional groups attached to an aromatic ring is 1. The van der Waals surface area contributed by atoms with Crippen molar-refractivity contribution in [2.24, 2.45) is 5.92 Å². The maximum absolute atomic E-state index is 5.83. The number of nitrogens with zero attached hydrogens (tertiary/aromatic N) is 2. The number of hydrogen-bond donors (Lipinski definition) is 2. The summed E-state index contributed by atoms with van der Waals surface area (Å²) in [5, 5.41) is 3.78. The van der Waals surface area contributed by atoms with Crippen molar-refractivity contribution in [1.29, 1.82) is 0 Å². The monoisotopic (exact) mass is 240 g/mol. The van der Waals surface area contributed by atoms with Crippen molar-refractivity contribution in [2.45, 2.75) is 38.6 Å². The summed E-state index contributed by atoms with van der Waals surface area (Å²) >= 11 is 5.83. The van der Waals surface area contributed by atoms with Gasteiger partial charge in [-0.2, -0.15) is 4.98 Å². The number of anilines is 2. The van der Waals surface area contributed by atoms with E-state index in [9.17, 15) is 0 Å². The van der Waals surface area contributed by atoms with Gasteiger partial charge in [0.25, 0.3) is 0 Å². The minimum atomic E-state index is 0.221. The van der Waals surface area contributed by atoms with Gasteiger partial charge >= 0.3 is 0 Å². The van der Waals surface area contributed by atoms with Crippen LogP contribution in [0.15, 0.2) is 6.07 Å². The van der Waals surface area contributed by atoms with Crippen LogP contribution in [0, 0.1) is 5.92 Å². The van der Waals surface area contributed by atoms with Gasteiger partial charge in [0.2, 0.25) is 5.95 Å². The molecule has 4 nitrogen and oxygen atoms in total. The summed E-state index contributed by atoms with van der Waals surface area (Å²) in [6.07, 6.45) is 5.05. The van der Waals surface area contributed by atoms with E-state index in [1.165, 1.54) is 25.7 Å². The second-order valence-electron chi connectivity index (χ2n) is 4.45. The maximum Gasteiger partial charge on any atom is 0.223 e. The third-order valence-corrected chi connectivity index (χ3v) is 3.35. The molecule has 1 heterocycles. The molecule has 0 radical (unpaired) electrons. The van der Waals surface area contributed by atoms with Gasteiger partial charge < -0.3 is 11.1 Å². The van der Waals surface area contributed by atoms with Crippen LogP contribution in [0.2, 0.25) is 5.15 Å². The zero-order valence-electron chi connectivity index (χ0n) is 9.41. The SMILES string of the molecule is CC1CCCCC1Nc1cc(Cl)nc(N)n1. The largest absolute Gasteiger partial charge is 0.368 e. The fraction of sp³-hybridized carbons (Fsp3) is 0.636. The highest BCUT2D eigenvalue weighted by molar-refractivity contribution is 6.29. The first-order valence-electron chi connectivity index (χ1n) is 5.72. The Balaban J connectivity index is 2.07. The lowest BCUT2D eigenvalue weighted by Crippen LogP contribution is -2.30. The molecular weight excluding hydrogens is 224 g/mol. The number of rotatable bonds is 2. The summed E-state index contributed by atoms with van der Waals surface area (Å²) in [7, 11) is 0. The molecule has 16 heavy (non-hydrogen) atoms. The molecule has 1 fully saturated rings. The highest BCUT2D eigenvalue weighted by atomic mass is 35.5. The van der Waals surface area contributed by atoms with E-state index in [2.05, 4.69) is 22.2 Å². The standard InChI is InChI=1S/C11H17ClN4/c1-7-4-2-3-5-8(7)14-10-6-9(12)15-11(13)16-10/h6-8H,2-5H2,1H3,(H3,13,14,15,16). The zero-order chi connectivity index (χ0) is 11.5. The molecule has 0 spiro atoms. The van der Waals surface area contributed by atoms with Crippen molar-refractivity contribution in [1.82, 2.24) is 9.97 Å². The summed E-state index contributed by atoms with van der Waals surface area (Å²) in [6, 6.07) is 2.19. The molecule has 3 N–H and O–H groups in total. The average Bonchev–Trinajstić information content (AvgIpc) is 2.20. The summed E-state index contributed by atoms with van der Waals surface area (Å²) in [6.45, 7) is 2.27. The van der Waals surface area contributed by atoms with Gasteiger partial charge in [0.15, 0.2) is 0 Å². The van der Waals surface area contributed by atoms with Gasteiger partial charge in [0.05, 0.1) is 0 Å². The molecule has 0 saturated heterocycles. The Kier molecular flexibility index (Phi) is 3.49. The first-order valence-corrected chi connectivity index (χ1v) is 6.09. The van der Waals surface area contributed by atoms with Crippen LogP contribution in [0.25, 0.3) is 0 Å². The third-order valence-electron chi connectivity index (χ3n) is 3.16. The molecule has 0 amide bonds. The first-order chi connectivity index (χ1) is 7.65. The van der Waals surface area contributed by atoms with Crippen LogP contribution in [0.4, 0.5) is 11.8 Å². The van der Waals surface area contributed by atoms with Gasteiger partial charge in [-0.05, 0) is 18.8 Å². The van der Waals surface area contributed by atoms with Gasteiger partial charge in [-0.3, -0.25) is 0 Å². The van der Waals surface area contributed by atoms with E-state index in [1.54, 1.807) is 6.07 Å². The fourth-order valence-corrected chi connectivity index (χ4v) is 2.42. The van der Waals surface area contributed by atoms with Crippen molar-refractivity contribution < 1.29 is 0 Å². The molecule has 2 rings (SSSR count). The molecule has 0 aliphatic heterocycles. The molecular formula is C11H17ClN4.